The van der Waals surface area contributed by atoms with Gasteiger partial charge in [0.05, 0.1) is 0 Å². The number of hydrogen-bond acceptors (Lipinski definition) is 5. The number of hydrogen-bond donors (Lipinski definition) is 0. The largest absolute Gasteiger partial charge is 0.456 e. The molecule has 0 saturated carbocycles. The lowest BCUT2D eigenvalue weighted by Gasteiger charge is -2.10. The SMILES string of the molecule is c1ccc(-c2ccc(-c3ccc(-c4nc(-c5ccc(-c6ccccc6)cc5)nc(-c5ccc6c(c5)oc5cccc(-c7ccc(-c8cccnc8)cc7)c56)n4)cc3)cc2)cc1. The Morgan fingerprint density at radius 2 is 0.721 bits per heavy atom. The molecule has 61 heavy (non-hydrogen) atoms. The average Bonchev–Trinajstić information content (AvgIpc) is 3.73. The maximum atomic E-state index is 6.56. The van der Waals surface area contributed by atoms with Crippen molar-refractivity contribution in [2.75, 3.05) is 0 Å². The molecular weight excluding hydrogens is 745 g/mol. The zero-order valence-corrected chi connectivity index (χ0v) is 33.0. The molecule has 0 aliphatic heterocycles. The Morgan fingerprint density at radius 1 is 0.295 bits per heavy atom. The Morgan fingerprint density at radius 3 is 1.23 bits per heavy atom. The Labute approximate surface area is 353 Å². The Kier molecular flexibility index (Phi) is 9.10. The quantitative estimate of drug-likeness (QED) is 0.154. The van der Waals surface area contributed by atoms with Crippen LogP contribution in [-0.4, -0.2) is 19.9 Å². The second kappa shape index (κ2) is 15.5. The molecule has 286 valence electrons. The minimum Gasteiger partial charge on any atom is -0.456 e. The summed E-state index contributed by atoms with van der Waals surface area (Å²) in [5, 5.41) is 2.10. The number of benzene rings is 8. The molecule has 0 aliphatic carbocycles. The molecule has 0 atom stereocenters. The number of furan rings is 1. The molecule has 0 N–H and O–H groups in total. The van der Waals surface area contributed by atoms with Gasteiger partial charge in [-0.05, 0) is 79.9 Å². The van der Waals surface area contributed by atoms with Crippen LogP contribution in [0.4, 0.5) is 0 Å². The number of rotatable bonds is 8. The lowest BCUT2D eigenvalue weighted by molar-refractivity contribution is 0.669. The predicted octanol–water partition coefficient (Wildman–Crippen LogP) is 14.5. The zero-order chi connectivity index (χ0) is 40.5. The summed E-state index contributed by atoms with van der Waals surface area (Å²) >= 11 is 0. The van der Waals surface area contributed by atoms with E-state index in [1.807, 2.05) is 36.5 Å². The molecule has 3 aromatic heterocycles. The fraction of sp³-hybridized carbons (Fsp3) is 0. The molecule has 0 amide bonds. The molecule has 0 spiro atoms. The van der Waals surface area contributed by atoms with Crippen LogP contribution >= 0.6 is 0 Å². The van der Waals surface area contributed by atoms with E-state index in [0.717, 1.165) is 83.1 Å². The summed E-state index contributed by atoms with van der Waals surface area (Å²) in [5.74, 6) is 1.77. The maximum Gasteiger partial charge on any atom is 0.164 e. The van der Waals surface area contributed by atoms with Crippen molar-refractivity contribution in [2.45, 2.75) is 0 Å². The van der Waals surface area contributed by atoms with Gasteiger partial charge in [0.15, 0.2) is 17.5 Å². The number of pyridine rings is 1. The predicted molar refractivity (Wildman–Crippen MR) is 248 cm³/mol. The lowest BCUT2D eigenvalue weighted by atomic mass is 9.97. The van der Waals surface area contributed by atoms with Crippen molar-refractivity contribution in [1.82, 2.24) is 19.9 Å². The van der Waals surface area contributed by atoms with E-state index < -0.39 is 0 Å². The first-order chi connectivity index (χ1) is 30.2. The van der Waals surface area contributed by atoms with Gasteiger partial charge in [-0.15, -0.1) is 0 Å². The van der Waals surface area contributed by atoms with Gasteiger partial charge in [-0.3, -0.25) is 4.98 Å². The summed E-state index contributed by atoms with van der Waals surface area (Å²) < 4.78 is 6.56. The molecular formula is C56H36N4O. The van der Waals surface area contributed by atoms with Crippen LogP contribution in [0.2, 0.25) is 0 Å². The van der Waals surface area contributed by atoms with E-state index in [-0.39, 0.29) is 0 Å². The first-order valence-electron chi connectivity index (χ1n) is 20.3. The van der Waals surface area contributed by atoms with Gasteiger partial charge in [-0.25, -0.2) is 15.0 Å². The summed E-state index contributed by atoms with van der Waals surface area (Å²) in [4.78, 5) is 19.6. The lowest BCUT2D eigenvalue weighted by Crippen LogP contribution is -2.00. The maximum absolute atomic E-state index is 6.56. The van der Waals surface area contributed by atoms with Crippen molar-refractivity contribution < 1.29 is 4.42 Å². The molecule has 11 rings (SSSR count). The monoisotopic (exact) mass is 780 g/mol. The average molecular weight is 781 g/mol. The Balaban J connectivity index is 0.967. The van der Waals surface area contributed by atoms with E-state index in [1.54, 1.807) is 6.20 Å². The van der Waals surface area contributed by atoms with E-state index >= 15 is 0 Å². The second-order valence-electron chi connectivity index (χ2n) is 15.1. The normalized spacial score (nSPS) is 11.3. The van der Waals surface area contributed by atoms with E-state index in [2.05, 4.69) is 181 Å². The zero-order valence-electron chi connectivity index (χ0n) is 33.0. The van der Waals surface area contributed by atoms with Gasteiger partial charge >= 0.3 is 0 Å². The fourth-order valence-electron chi connectivity index (χ4n) is 8.08. The van der Waals surface area contributed by atoms with Crippen LogP contribution < -0.4 is 0 Å². The molecule has 11 aromatic rings. The Bertz CT molecular complexity index is 3290. The van der Waals surface area contributed by atoms with Crippen LogP contribution in [0.3, 0.4) is 0 Å². The molecule has 0 radical (unpaired) electrons. The van der Waals surface area contributed by atoms with Crippen molar-refractivity contribution in [3.63, 3.8) is 0 Å². The van der Waals surface area contributed by atoms with Gasteiger partial charge in [0.1, 0.15) is 11.2 Å². The van der Waals surface area contributed by atoms with Crippen LogP contribution in [0.1, 0.15) is 0 Å². The van der Waals surface area contributed by atoms with Gasteiger partial charge in [0, 0.05) is 39.9 Å². The molecule has 8 aromatic carbocycles. The summed E-state index contributed by atoms with van der Waals surface area (Å²) in [7, 11) is 0. The van der Waals surface area contributed by atoms with Crippen molar-refractivity contribution in [1.29, 1.82) is 0 Å². The summed E-state index contributed by atoms with van der Waals surface area (Å²) in [6.45, 7) is 0. The highest BCUT2D eigenvalue weighted by Crippen LogP contribution is 2.39. The second-order valence-corrected chi connectivity index (χ2v) is 15.1. The van der Waals surface area contributed by atoms with E-state index in [4.69, 9.17) is 19.4 Å². The van der Waals surface area contributed by atoms with Gasteiger partial charge in [0.2, 0.25) is 0 Å². The highest BCUT2D eigenvalue weighted by Gasteiger charge is 2.17. The van der Waals surface area contributed by atoms with E-state index in [0.29, 0.717) is 17.5 Å². The summed E-state index contributed by atoms with van der Waals surface area (Å²) in [5.41, 5.74) is 15.6. The standard InChI is InChI=1S/C56H36N4O/c1-3-9-37(10-4-1)39-16-18-41(19-17-39)42-24-30-46(31-25-42)55-58-54(45-28-22-40(23-29-45)38-11-5-2-6-12-38)59-56(60-55)47-32-33-50-52(35-47)61-51-15-7-14-49(53(50)51)44-26-20-43(21-27-44)48-13-8-34-57-36-48/h1-36H. The number of aromatic nitrogens is 4. The van der Waals surface area contributed by atoms with E-state index in [9.17, 15) is 0 Å². The third kappa shape index (κ3) is 7.04. The highest BCUT2D eigenvalue weighted by atomic mass is 16.3. The number of fused-ring (bicyclic) bond motifs is 3. The molecule has 5 heteroatoms. The van der Waals surface area contributed by atoms with Gasteiger partial charge in [0.25, 0.3) is 0 Å². The molecule has 0 bridgehead atoms. The molecule has 3 heterocycles. The third-order valence-electron chi connectivity index (χ3n) is 11.3. The van der Waals surface area contributed by atoms with Gasteiger partial charge in [-0.2, -0.15) is 0 Å². The van der Waals surface area contributed by atoms with Crippen molar-refractivity contribution in [3.8, 4) is 89.8 Å². The fourth-order valence-corrected chi connectivity index (χ4v) is 8.08. The van der Waals surface area contributed by atoms with Gasteiger partial charge in [-0.1, -0.05) is 182 Å². The first kappa shape index (κ1) is 35.8. The van der Waals surface area contributed by atoms with Crippen LogP contribution in [0.25, 0.3) is 112 Å². The minimum atomic E-state index is 0.571. The first-order valence-corrected chi connectivity index (χ1v) is 20.3. The smallest absolute Gasteiger partial charge is 0.164 e. The molecule has 0 aliphatic rings. The van der Waals surface area contributed by atoms with Crippen LogP contribution in [-0.2, 0) is 0 Å². The topological polar surface area (TPSA) is 64.7 Å². The summed E-state index contributed by atoms with van der Waals surface area (Å²) in [6, 6.07) is 71.5. The Hall–Kier alpha value is -8.28. The summed E-state index contributed by atoms with van der Waals surface area (Å²) in [6.07, 6.45) is 3.68. The van der Waals surface area contributed by atoms with E-state index in [1.165, 1.54) is 11.1 Å². The third-order valence-corrected chi connectivity index (χ3v) is 11.3. The van der Waals surface area contributed by atoms with Crippen LogP contribution in [0.5, 0.6) is 0 Å². The van der Waals surface area contributed by atoms with Crippen molar-refractivity contribution in [3.05, 3.63) is 219 Å². The highest BCUT2D eigenvalue weighted by molar-refractivity contribution is 6.13. The molecule has 0 saturated heterocycles. The molecule has 5 nitrogen and oxygen atoms in total. The minimum absolute atomic E-state index is 0.571. The van der Waals surface area contributed by atoms with Crippen molar-refractivity contribution >= 4 is 21.9 Å². The van der Waals surface area contributed by atoms with Crippen LogP contribution in [0.15, 0.2) is 223 Å². The van der Waals surface area contributed by atoms with Crippen molar-refractivity contribution in [2.24, 2.45) is 0 Å². The number of nitrogens with zero attached hydrogens (tertiary/aromatic N) is 4. The molecule has 0 fully saturated rings. The molecule has 0 unspecified atom stereocenters. The van der Waals surface area contributed by atoms with Crippen LogP contribution in [0, 0.1) is 0 Å². The van der Waals surface area contributed by atoms with Gasteiger partial charge < -0.3 is 4.42 Å².